The van der Waals surface area contributed by atoms with Crippen molar-refractivity contribution in [2.75, 3.05) is 19.3 Å². The smallest absolute Gasteiger partial charge is 0.748 e. The molecule has 7 heteroatoms. The van der Waals surface area contributed by atoms with Crippen molar-refractivity contribution in [2.45, 2.75) is 58.3 Å². The summed E-state index contributed by atoms with van der Waals surface area (Å²) < 4.78 is 31.4. The molecule has 0 aromatic rings. The minimum atomic E-state index is -4.23. The summed E-state index contributed by atoms with van der Waals surface area (Å²) in [4.78, 5) is 13.0. The maximum atomic E-state index is 11.6. The number of hydrogen-bond donors (Lipinski definition) is 0. The van der Waals surface area contributed by atoms with E-state index in [0.717, 1.165) is 19.3 Å². The summed E-state index contributed by atoms with van der Waals surface area (Å²) in [6.45, 7) is 2.16. The van der Waals surface area contributed by atoms with Gasteiger partial charge in [-0.3, -0.25) is 4.79 Å². The quantitative estimate of drug-likeness (QED) is 0.280. The Hall–Kier alpha value is 1.02. The second-order valence-corrected chi connectivity index (χ2v) is 6.47. The predicted molar refractivity (Wildman–Crippen MR) is 74.8 cm³/mol. The summed E-state index contributed by atoms with van der Waals surface area (Å²) in [5, 5.41) is 0. The molecule has 0 aliphatic rings. The van der Waals surface area contributed by atoms with Crippen LogP contribution in [0.4, 0.5) is 0 Å². The monoisotopic (exact) mass is 331 g/mol. The summed E-state index contributed by atoms with van der Waals surface area (Å²) in [5.41, 5.74) is 0. The Balaban J connectivity index is 0. The van der Waals surface area contributed by atoms with E-state index >= 15 is 0 Å². The van der Waals surface area contributed by atoms with Crippen LogP contribution in [0.2, 0.25) is 0 Å². The standard InChI is InChI=1S/C13H27NO4S.K/c1-3-4-5-6-7-8-9-10-13(15)14(2)11-12-19(16,17)18;/h3-12H2,1-2H3,(H,16,17,18);/q;+1/p-1. The topological polar surface area (TPSA) is 77.5 Å². The van der Waals surface area contributed by atoms with E-state index in [0.29, 0.717) is 6.42 Å². The van der Waals surface area contributed by atoms with E-state index in [1.165, 1.54) is 37.6 Å². The van der Waals surface area contributed by atoms with Crippen LogP contribution in [0, 0.1) is 0 Å². The van der Waals surface area contributed by atoms with Gasteiger partial charge in [0.1, 0.15) is 0 Å². The van der Waals surface area contributed by atoms with Crippen molar-refractivity contribution < 1.29 is 69.1 Å². The molecule has 1 amide bonds. The summed E-state index contributed by atoms with van der Waals surface area (Å²) in [5.74, 6) is -0.594. The van der Waals surface area contributed by atoms with E-state index in [4.69, 9.17) is 0 Å². The Bertz CT molecular complexity index is 346. The Morgan fingerprint density at radius 2 is 1.55 bits per heavy atom. The van der Waals surface area contributed by atoms with E-state index in [2.05, 4.69) is 6.92 Å². The van der Waals surface area contributed by atoms with Crippen LogP contribution in [0.15, 0.2) is 0 Å². The van der Waals surface area contributed by atoms with Gasteiger partial charge in [0.2, 0.25) is 5.91 Å². The molecule has 0 fully saturated rings. The zero-order valence-corrected chi connectivity index (χ0v) is 17.0. The van der Waals surface area contributed by atoms with Crippen LogP contribution in [0.3, 0.4) is 0 Å². The molecule has 0 aromatic heterocycles. The Kier molecular flexibility index (Phi) is 15.9. The first-order valence-corrected chi connectivity index (χ1v) is 8.62. The number of carbonyl (C=O) groups excluding carboxylic acids is 1. The van der Waals surface area contributed by atoms with Crippen molar-refractivity contribution in [2.24, 2.45) is 0 Å². The number of hydrogen-bond acceptors (Lipinski definition) is 4. The molecule has 20 heavy (non-hydrogen) atoms. The molecule has 0 bridgehead atoms. The summed E-state index contributed by atoms with van der Waals surface area (Å²) in [6.07, 6.45) is 8.41. The van der Waals surface area contributed by atoms with E-state index in [-0.39, 0.29) is 63.8 Å². The molecule has 0 aliphatic carbocycles. The minimum absolute atomic E-state index is 0. The summed E-state index contributed by atoms with van der Waals surface area (Å²) in [7, 11) is -2.70. The van der Waals surface area contributed by atoms with Gasteiger partial charge in [-0.2, -0.15) is 0 Å². The van der Waals surface area contributed by atoms with Gasteiger partial charge in [0.05, 0.1) is 15.9 Å². The van der Waals surface area contributed by atoms with Crippen molar-refractivity contribution >= 4 is 16.0 Å². The molecule has 0 aromatic carbocycles. The fraction of sp³-hybridized carbons (Fsp3) is 0.923. The Labute approximate surface area is 166 Å². The maximum Gasteiger partial charge on any atom is 1.00 e. The van der Waals surface area contributed by atoms with Crippen molar-refractivity contribution in [3.63, 3.8) is 0 Å². The van der Waals surface area contributed by atoms with E-state index in [1.807, 2.05) is 0 Å². The zero-order chi connectivity index (χ0) is 14.7. The molecule has 0 aliphatic heterocycles. The van der Waals surface area contributed by atoms with Gasteiger partial charge in [0.15, 0.2) is 0 Å². The van der Waals surface area contributed by atoms with Gasteiger partial charge in [0.25, 0.3) is 0 Å². The summed E-state index contributed by atoms with van der Waals surface area (Å²) >= 11 is 0. The van der Waals surface area contributed by atoms with Crippen LogP contribution in [0.25, 0.3) is 0 Å². The second-order valence-electron chi connectivity index (χ2n) is 4.95. The fourth-order valence-electron chi connectivity index (χ4n) is 1.80. The number of unbranched alkanes of at least 4 members (excludes halogenated alkanes) is 6. The third-order valence-corrected chi connectivity index (χ3v) is 3.78. The van der Waals surface area contributed by atoms with Crippen molar-refractivity contribution in [3.8, 4) is 0 Å². The SMILES string of the molecule is CCCCCCCCCC(=O)N(C)CCS(=O)(=O)[O-].[K+]. The van der Waals surface area contributed by atoms with Crippen LogP contribution in [0.5, 0.6) is 0 Å². The molecule has 0 radical (unpaired) electrons. The minimum Gasteiger partial charge on any atom is -0.748 e. The normalized spacial score (nSPS) is 10.9. The van der Waals surface area contributed by atoms with Crippen LogP contribution in [-0.2, 0) is 14.9 Å². The third kappa shape index (κ3) is 15.4. The van der Waals surface area contributed by atoms with E-state index < -0.39 is 15.9 Å². The molecule has 114 valence electrons. The average molecular weight is 332 g/mol. The molecule has 0 rings (SSSR count). The van der Waals surface area contributed by atoms with Crippen LogP contribution in [0.1, 0.15) is 58.3 Å². The molecule has 0 saturated carbocycles. The van der Waals surface area contributed by atoms with Crippen molar-refractivity contribution in [3.05, 3.63) is 0 Å². The molecule has 0 unspecified atom stereocenters. The molecular formula is C13H26KNO4S. The largest absolute Gasteiger partial charge is 1.00 e. The van der Waals surface area contributed by atoms with Crippen LogP contribution in [-0.4, -0.2) is 43.1 Å². The van der Waals surface area contributed by atoms with Crippen LogP contribution < -0.4 is 51.4 Å². The molecule has 0 spiro atoms. The van der Waals surface area contributed by atoms with Gasteiger partial charge in [-0.1, -0.05) is 45.4 Å². The van der Waals surface area contributed by atoms with Crippen molar-refractivity contribution in [1.82, 2.24) is 4.90 Å². The van der Waals surface area contributed by atoms with Gasteiger partial charge in [-0.25, -0.2) is 8.42 Å². The van der Waals surface area contributed by atoms with Gasteiger partial charge in [0, 0.05) is 20.0 Å². The van der Waals surface area contributed by atoms with E-state index in [9.17, 15) is 17.8 Å². The number of nitrogens with zero attached hydrogens (tertiary/aromatic N) is 1. The van der Waals surface area contributed by atoms with E-state index in [1.54, 1.807) is 0 Å². The van der Waals surface area contributed by atoms with Crippen LogP contribution >= 0.6 is 0 Å². The molecular weight excluding hydrogens is 305 g/mol. The Morgan fingerprint density at radius 3 is 2.05 bits per heavy atom. The third-order valence-electron chi connectivity index (χ3n) is 3.10. The summed E-state index contributed by atoms with van der Waals surface area (Å²) in [6, 6.07) is 0. The van der Waals surface area contributed by atoms with Gasteiger partial charge < -0.3 is 9.45 Å². The second kappa shape index (κ2) is 13.7. The van der Waals surface area contributed by atoms with Gasteiger partial charge in [-0.15, -0.1) is 0 Å². The first-order valence-electron chi connectivity index (χ1n) is 7.04. The molecule has 0 atom stereocenters. The number of amides is 1. The average Bonchev–Trinajstić information content (AvgIpc) is 2.33. The Morgan fingerprint density at radius 1 is 1.05 bits per heavy atom. The number of carbonyl (C=O) groups is 1. The first-order chi connectivity index (χ1) is 8.87. The molecule has 0 heterocycles. The van der Waals surface area contributed by atoms with Crippen molar-refractivity contribution in [1.29, 1.82) is 0 Å². The maximum absolute atomic E-state index is 11.6. The van der Waals surface area contributed by atoms with Gasteiger partial charge in [-0.05, 0) is 6.42 Å². The van der Waals surface area contributed by atoms with Gasteiger partial charge >= 0.3 is 51.4 Å². The zero-order valence-electron chi connectivity index (χ0n) is 13.1. The number of rotatable bonds is 11. The predicted octanol–water partition coefficient (Wildman–Crippen LogP) is -0.865. The fourth-order valence-corrected chi connectivity index (χ4v) is 2.30. The molecule has 0 N–H and O–H groups in total. The first kappa shape index (κ1) is 23.3. The molecule has 0 saturated heterocycles. The molecule has 5 nitrogen and oxygen atoms in total.